The average molecular weight is 420 g/mol. The van der Waals surface area contributed by atoms with Gasteiger partial charge < -0.3 is 14.6 Å². The molecule has 1 aliphatic rings. The van der Waals surface area contributed by atoms with E-state index in [1.54, 1.807) is 32.0 Å². The standard InChI is InChI=1S/C18H20N4O6S/c1-4-13(17(23)20-15-9-10(2)28-21-15)27-18(24)11(3)19-16-12-7-5-6-8-14(12)29(25,26)22-16/h5-9,11,13H,4H2,1-3H3,(H,19,22)(H,20,21,23)/t11-,13?/m0/s1. The maximum absolute atomic E-state index is 12.4. The monoisotopic (exact) mass is 420 g/mol. The maximum atomic E-state index is 12.4. The number of rotatable bonds is 6. The highest BCUT2D eigenvalue weighted by atomic mass is 32.2. The number of ether oxygens (including phenoxy) is 1. The van der Waals surface area contributed by atoms with Crippen molar-refractivity contribution >= 4 is 33.6 Å². The van der Waals surface area contributed by atoms with Crippen LogP contribution in [0.1, 0.15) is 31.6 Å². The molecular formula is C18H20N4O6S. The van der Waals surface area contributed by atoms with Gasteiger partial charge in [0.2, 0.25) is 0 Å². The molecule has 0 radical (unpaired) electrons. The van der Waals surface area contributed by atoms with Crippen molar-refractivity contribution in [1.29, 1.82) is 0 Å². The SMILES string of the molecule is CCC(OC(=O)[C@H](C)N=C1NS(=O)(=O)c2ccccc21)C(=O)Nc1cc(C)on1. The maximum Gasteiger partial charge on any atom is 0.331 e. The molecule has 10 nitrogen and oxygen atoms in total. The summed E-state index contributed by atoms with van der Waals surface area (Å²) in [5.74, 6) is -0.526. The first kappa shape index (κ1) is 20.5. The number of hydrogen-bond acceptors (Lipinski definition) is 8. The van der Waals surface area contributed by atoms with E-state index in [-0.39, 0.29) is 23.0 Å². The van der Waals surface area contributed by atoms with Gasteiger partial charge in [0.15, 0.2) is 11.9 Å². The minimum atomic E-state index is -3.71. The number of amidine groups is 1. The summed E-state index contributed by atoms with van der Waals surface area (Å²) in [6.45, 7) is 4.82. The van der Waals surface area contributed by atoms with Gasteiger partial charge in [0.05, 0.1) is 4.90 Å². The van der Waals surface area contributed by atoms with Gasteiger partial charge in [-0.1, -0.05) is 24.2 Å². The Labute approximate surface area is 167 Å². The van der Waals surface area contributed by atoms with E-state index in [1.165, 1.54) is 19.1 Å². The van der Waals surface area contributed by atoms with Gasteiger partial charge in [-0.25, -0.2) is 13.2 Å². The predicted octanol–water partition coefficient (Wildman–Crippen LogP) is 1.37. The summed E-state index contributed by atoms with van der Waals surface area (Å²) < 4.78 is 36.7. The highest BCUT2D eigenvalue weighted by Crippen LogP contribution is 2.22. The molecular weight excluding hydrogens is 400 g/mol. The van der Waals surface area contributed by atoms with Gasteiger partial charge in [-0.3, -0.25) is 14.5 Å². The van der Waals surface area contributed by atoms with Crippen molar-refractivity contribution in [2.75, 3.05) is 5.32 Å². The molecule has 1 aromatic carbocycles. The molecule has 0 saturated carbocycles. The van der Waals surface area contributed by atoms with Crippen molar-refractivity contribution in [1.82, 2.24) is 9.88 Å². The van der Waals surface area contributed by atoms with Crippen LogP contribution in [0.3, 0.4) is 0 Å². The first-order chi connectivity index (χ1) is 13.7. The lowest BCUT2D eigenvalue weighted by Crippen LogP contribution is -2.35. The van der Waals surface area contributed by atoms with E-state index >= 15 is 0 Å². The smallest absolute Gasteiger partial charge is 0.331 e. The van der Waals surface area contributed by atoms with Crippen LogP contribution in [0.15, 0.2) is 44.7 Å². The fraction of sp³-hybridized carbons (Fsp3) is 0.333. The third-order valence-electron chi connectivity index (χ3n) is 4.13. The van der Waals surface area contributed by atoms with Crippen molar-refractivity contribution in [3.8, 4) is 0 Å². The number of aromatic nitrogens is 1. The number of nitrogens with one attached hydrogen (secondary N) is 2. The number of hydrogen-bond donors (Lipinski definition) is 2. The number of amides is 1. The molecule has 29 heavy (non-hydrogen) atoms. The molecule has 1 aromatic heterocycles. The van der Waals surface area contributed by atoms with Crippen LogP contribution in [0.5, 0.6) is 0 Å². The van der Waals surface area contributed by atoms with Gasteiger partial charge in [0.1, 0.15) is 17.6 Å². The van der Waals surface area contributed by atoms with Gasteiger partial charge >= 0.3 is 5.97 Å². The van der Waals surface area contributed by atoms with Crippen LogP contribution in [0.4, 0.5) is 5.82 Å². The molecule has 2 aromatic rings. The molecule has 2 N–H and O–H groups in total. The number of aliphatic imine (C=N–C) groups is 1. The number of fused-ring (bicyclic) bond motifs is 1. The van der Waals surface area contributed by atoms with E-state index < -0.39 is 34.0 Å². The second-order valence-corrected chi connectivity index (χ2v) is 8.05. The normalized spacial score (nSPS) is 17.8. The van der Waals surface area contributed by atoms with Crippen LogP contribution < -0.4 is 10.0 Å². The Morgan fingerprint density at radius 1 is 1.34 bits per heavy atom. The van der Waals surface area contributed by atoms with E-state index in [0.717, 1.165) is 0 Å². The molecule has 0 fully saturated rings. The first-order valence-electron chi connectivity index (χ1n) is 8.86. The Balaban J connectivity index is 1.70. The molecule has 1 aliphatic heterocycles. The quantitative estimate of drug-likeness (QED) is 0.673. The number of carbonyl (C=O) groups excluding carboxylic acids is 2. The molecule has 1 unspecified atom stereocenters. The topological polar surface area (TPSA) is 140 Å². The molecule has 154 valence electrons. The largest absolute Gasteiger partial charge is 0.451 e. The zero-order chi connectivity index (χ0) is 21.2. The summed E-state index contributed by atoms with van der Waals surface area (Å²) in [5.41, 5.74) is 0.373. The summed E-state index contributed by atoms with van der Waals surface area (Å²) in [5, 5.41) is 6.16. The van der Waals surface area contributed by atoms with Crippen molar-refractivity contribution in [2.45, 2.75) is 44.2 Å². The number of nitrogens with zero attached hydrogens (tertiary/aromatic N) is 2. The third kappa shape index (κ3) is 4.45. The van der Waals surface area contributed by atoms with Gasteiger partial charge in [-0.05, 0) is 32.4 Å². The second-order valence-electron chi connectivity index (χ2n) is 6.40. The number of sulfonamides is 1. The van der Waals surface area contributed by atoms with E-state index in [2.05, 4.69) is 20.2 Å². The highest BCUT2D eigenvalue weighted by Gasteiger charge is 2.32. The zero-order valence-electron chi connectivity index (χ0n) is 16.0. The summed E-state index contributed by atoms with van der Waals surface area (Å²) in [7, 11) is -3.71. The number of esters is 1. The molecule has 0 spiro atoms. The molecule has 3 rings (SSSR count). The lowest BCUT2D eigenvalue weighted by Gasteiger charge is -2.16. The van der Waals surface area contributed by atoms with Crippen LogP contribution in [-0.2, 0) is 24.3 Å². The minimum absolute atomic E-state index is 0.0561. The van der Waals surface area contributed by atoms with Crippen molar-refractivity contribution < 1.29 is 27.3 Å². The molecule has 11 heteroatoms. The van der Waals surface area contributed by atoms with Crippen LogP contribution in [-0.4, -0.2) is 43.4 Å². The van der Waals surface area contributed by atoms with Crippen molar-refractivity contribution in [2.24, 2.45) is 4.99 Å². The molecule has 0 bridgehead atoms. The van der Waals surface area contributed by atoms with Crippen LogP contribution in [0.2, 0.25) is 0 Å². The van der Waals surface area contributed by atoms with Gasteiger partial charge in [-0.2, -0.15) is 0 Å². The fourth-order valence-corrected chi connectivity index (χ4v) is 3.91. The third-order valence-corrected chi connectivity index (χ3v) is 5.52. The van der Waals surface area contributed by atoms with Crippen molar-refractivity contribution in [3.63, 3.8) is 0 Å². The average Bonchev–Trinajstić information content (AvgIpc) is 3.20. The van der Waals surface area contributed by atoms with Crippen LogP contribution >= 0.6 is 0 Å². The van der Waals surface area contributed by atoms with Gasteiger partial charge in [0, 0.05) is 11.6 Å². The minimum Gasteiger partial charge on any atom is -0.451 e. The Bertz CT molecular complexity index is 1080. The number of anilines is 1. The highest BCUT2D eigenvalue weighted by molar-refractivity contribution is 7.90. The van der Waals surface area contributed by atoms with E-state index in [0.29, 0.717) is 11.3 Å². The molecule has 0 saturated heterocycles. The van der Waals surface area contributed by atoms with E-state index in [4.69, 9.17) is 9.26 Å². The summed E-state index contributed by atoms with van der Waals surface area (Å²) >= 11 is 0. The number of benzene rings is 1. The summed E-state index contributed by atoms with van der Waals surface area (Å²) in [6, 6.07) is 6.81. The van der Waals surface area contributed by atoms with Gasteiger partial charge in [0.25, 0.3) is 15.9 Å². The summed E-state index contributed by atoms with van der Waals surface area (Å²) in [6.07, 6.45) is -0.831. The van der Waals surface area contributed by atoms with Crippen LogP contribution in [0.25, 0.3) is 0 Å². The number of carbonyl (C=O) groups is 2. The molecule has 2 atom stereocenters. The second kappa shape index (κ2) is 8.03. The van der Waals surface area contributed by atoms with Crippen LogP contribution in [0, 0.1) is 6.92 Å². The van der Waals surface area contributed by atoms with E-state index in [1.807, 2.05) is 0 Å². The fourth-order valence-electron chi connectivity index (χ4n) is 2.67. The Hall–Kier alpha value is -3.21. The Morgan fingerprint density at radius 2 is 2.07 bits per heavy atom. The molecule has 0 aliphatic carbocycles. The summed E-state index contributed by atoms with van der Waals surface area (Å²) in [4.78, 5) is 29.0. The molecule has 1 amide bonds. The lowest BCUT2D eigenvalue weighted by molar-refractivity contribution is -0.155. The van der Waals surface area contributed by atoms with Gasteiger partial charge in [-0.15, -0.1) is 0 Å². The zero-order valence-corrected chi connectivity index (χ0v) is 16.8. The Morgan fingerprint density at radius 3 is 2.72 bits per heavy atom. The van der Waals surface area contributed by atoms with Crippen molar-refractivity contribution in [3.05, 3.63) is 41.7 Å². The lowest BCUT2D eigenvalue weighted by atomic mass is 10.2. The van der Waals surface area contributed by atoms with E-state index in [9.17, 15) is 18.0 Å². The number of aryl methyl sites for hydroxylation is 1. The molecule has 2 heterocycles. The first-order valence-corrected chi connectivity index (χ1v) is 10.3. The Kier molecular flexibility index (Phi) is 5.69. The predicted molar refractivity (Wildman–Crippen MR) is 103 cm³/mol.